The van der Waals surface area contributed by atoms with Gasteiger partial charge in [-0.15, -0.1) is 0 Å². The van der Waals surface area contributed by atoms with Crippen molar-refractivity contribution in [2.24, 2.45) is 0 Å². The maximum Gasteiger partial charge on any atom is 0.129 e. The van der Waals surface area contributed by atoms with Gasteiger partial charge in [0, 0.05) is 18.8 Å². The summed E-state index contributed by atoms with van der Waals surface area (Å²) < 4.78 is 0. The zero-order valence-corrected chi connectivity index (χ0v) is 9.50. The summed E-state index contributed by atoms with van der Waals surface area (Å²) in [5.41, 5.74) is 0.869. The van der Waals surface area contributed by atoms with Gasteiger partial charge in [0.25, 0.3) is 0 Å². The largest absolute Gasteiger partial charge is 0.395 e. The van der Waals surface area contributed by atoms with Gasteiger partial charge < -0.3 is 15.1 Å². The molecule has 1 aliphatic carbocycles. The second kappa shape index (κ2) is 4.80. The molecule has 1 saturated carbocycles. The van der Waals surface area contributed by atoms with Crippen LogP contribution in [0.2, 0.25) is 0 Å². The predicted molar refractivity (Wildman–Crippen MR) is 62.3 cm³/mol. The van der Waals surface area contributed by atoms with Crippen LogP contribution in [0.5, 0.6) is 0 Å². The minimum atomic E-state index is -0.475. The molecule has 4 heteroatoms. The molecule has 0 spiro atoms. The molecule has 1 aliphatic rings. The molecule has 1 aromatic rings. The van der Waals surface area contributed by atoms with Gasteiger partial charge in [-0.3, -0.25) is 0 Å². The van der Waals surface area contributed by atoms with Gasteiger partial charge in [0.05, 0.1) is 12.7 Å². The molecule has 0 bridgehead atoms. The fourth-order valence-corrected chi connectivity index (χ4v) is 1.83. The van der Waals surface area contributed by atoms with Gasteiger partial charge in [-0.25, -0.2) is 4.98 Å². The van der Waals surface area contributed by atoms with E-state index in [1.54, 1.807) is 13.1 Å². The molecule has 2 N–H and O–H groups in total. The van der Waals surface area contributed by atoms with Crippen LogP contribution in [0.25, 0.3) is 0 Å². The normalized spacial score (nSPS) is 17.2. The lowest BCUT2D eigenvalue weighted by atomic mass is 10.1. The van der Waals surface area contributed by atoms with Crippen LogP contribution in [0.1, 0.15) is 31.4 Å². The van der Waals surface area contributed by atoms with Crippen LogP contribution in [0.4, 0.5) is 5.82 Å². The van der Waals surface area contributed by atoms with Gasteiger partial charge in [-0.05, 0) is 37.5 Å². The fourth-order valence-electron chi connectivity index (χ4n) is 1.83. The lowest BCUT2D eigenvalue weighted by molar-refractivity contribution is 0.199. The monoisotopic (exact) mass is 222 g/mol. The second-order valence-electron chi connectivity index (χ2n) is 4.27. The zero-order chi connectivity index (χ0) is 11.5. The number of rotatable bonds is 5. The quantitative estimate of drug-likeness (QED) is 0.783. The zero-order valence-electron chi connectivity index (χ0n) is 9.50. The molecule has 88 valence electrons. The van der Waals surface area contributed by atoms with E-state index in [4.69, 9.17) is 5.11 Å². The first kappa shape index (κ1) is 11.4. The van der Waals surface area contributed by atoms with Crippen LogP contribution in [0.3, 0.4) is 0 Å². The molecule has 0 aromatic carbocycles. The van der Waals surface area contributed by atoms with E-state index in [1.807, 2.05) is 12.1 Å². The number of anilines is 1. The number of nitrogens with zero attached hydrogens (tertiary/aromatic N) is 2. The Labute approximate surface area is 95.5 Å². The molecule has 0 aliphatic heterocycles. The van der Waals surface area contributed by atoms with Crippen molar-refractivity contribution in [3.63, 3.8) is 0 Å². The first-order chi connectivity index (χ1) is 7.72. The summed E-state index contributed by atoms with van der Waals surface area (Å²) in [5, 5.41) is 18.6. The van der Waals surface area contributed by atoms with E-state index in [-0.39, 0.29) is 6.61 Å². The Morgan fingerprint density at radius 3 is 2.88 bits per heavy atom. The average Bonchev–Trinajstić information content (AvgIpc) is 3.10. The Balaban J connectivity index is 2.19. The molecule has 0 radical (unpaired) electrons. The second-order valence-corrected chi connectivity index (χ2v) is 4.27. The van der Waals surface area contributed by atoms with Crippen molar-refractivity contribution in [2.75, 3.05) is 18.1 Å². The molecule has 0 amide bonds. The fraction of sp³-hybridized carbons (Fsp3) is 0.583. The Morgan fingerprint density at radius 1 is 1.56 bits per heavy atom. The minimum absolute atomic E-state index is 0.136. The maximum absolute atomic E-state index is 9.52. The van der Waals surface area contributed by atoms with Crippen LogP contribution >= 0.6 is 0 Å². The van der Waals surface area contributed by atoms with Gasteiger partial charge in [-0.1, -0.05) is 0 Å². The summed E-state index contributed by atoms with van der Waals surface area (Å²) in [7, 11) is 0. The van der Waals surface area contributed by atoms with Crippen molar-refractivity contribution in [3.8, 4) is 0 Å². The molecule has 16 heavy (non-hydrogen) atoms. The van der Waals surface area contributed by atoms with Crippen molar-refractivity contribution < 1.29 is 10.2 Å². The molecule has 1 atom stereocenters. The molecular weight excluding hydrogens is 204 g/mol. The van der Waals surface area contributed by atoms with Crippen molar-refractivity contribution in [1.29, 1.82) is 0 Å². The molecular formula is C12H18N2O2. The van der Waals surface area contributed by atoms with Crippen molar-refractivity contribution in [3.05, 3.63) is 23.9 Å². The van der Waals surface area contributed by atoms with Crippen molar-refractivity contribution >= 4 is 5.82 Å². The van der Waals surface area contributed by atoms with E-state index in [0.717, 1.165) is 11.4 Å². The van der Waals surface area contributed by atoms with E-state index in [0.29, 0.717) is 12.6 Å². The highest BCUT2D eigenvalue weighted by Gasteiger charge is 2.29. The molecule has 4 nitrogen and oxygen atoms in total. The number of aromatic nitrogens is 1. The summed E-state index contributed by atoms with van der Waals surface area (Å²) in [6, 6.07) is 4.24. The van der Waals surface area contributed by atoms with E-state index in [1.165, 1.54) is 12.8 Å². The Kier molecular flexibility index (Phi) is 3.41. The number of aliphatic hydroxyl groups is 2. The summed E-state index contributed by atoms with van der Waals surface area (Å²) in [6.45, 7) is 2.49. The highest BCUT2D eigenvalue weighted by Crippen LogP contribution is 2.31. The molecule has 1 heterocycles. The number of pyridine rings is 1. The third kappa shape index (κ3) is 2.51. The van der Waals surface area contributed by atoms with Crippen LogP contribution in [0, 0.1) is 0 Å². The average molecular weight is 222 g/mol. The summed E-state index contributed by atoms with van der Waals surface area (Å²) in [5.74, 6) is 0.856. The summed E-state index contributed by atoms with van der Waals surface area (Å²) in [6.07, 6.45) is 3.57. The van der Waals surface area contributed by atoms with Crippen LogP contribution in [-0.2, 0) is 0 Å². The molecule has 0 unspecified atom stereocenters. The van der Waals surface area contributed by atoms with Gasteiger partial charge in [0.2, 0.25) is 0 Å². The molecule has 1 fully saturated rings. The van der Waals surface area contributed by atoms with Crippen molar-refractivity contribution in [2.45, 2.75) is 31.9 Å². The lowest BCUT2D eigenvalue weighted by Gasteiger charge is -2.23. The summed E-state index contributed by atoms with van der Waals surface area (Å²) in [4.78, 5) is 6.42. The van der Waals surface area contributed by atoms with E-state index >= 15 is 0 Å². The van der Waals surface area contributed by atoms with Crippen LogP contribution < -0.4 is 4.90 Å². The van der Waals surface area contributed by atoms with Crippen molar-refractivity contribution in [1.82, 2.24) is 4.98 Å². The third-order valence-corrected chi connectivity index (χ3v) is 2.87. The van der Waals surface area contributed by atoms with Gasteiger partial charge in [0.1, 0.15) is 5.82 Å². The standard InChI is InChI=1S/C12H18N2O2/c1-9(16)10-4-5-13-12(8-10)14(6-7-15)11-2-3-11/h4-5,8-9,11,15-16H,2-3,6-7H2,1H3/t9-/m1/s1. The van der Waals surface area contributed by atoms with E-state index in [2.05, 4.69) is 9.88 Å². The number of hydrogen-bond donors (Lipinski definition) is 2. The third-order valence-electron chi connectivity index (χ3n) is 2.87. The number of aliphatic hydroxyl groups excluding tert-OH is 2. The smallest absolute Gasteiger partial charge is 0.129 e. The highest BCUT2D eigenvalue weighted by molar-refractivity contribution is 5.44. The topological polar surface area (TPSA) is 56.6 Å². The minimum Gasteiger partial charge on any atom is -0.395 e. The first-order valence-electron chi connectivity index (χ1n) is 5.74. The van der Waals surface area contributed by atoms with Gasteiger partial charge in [0.15, 0.2) is 0 Å². The van der Waals surface area contributed by atoms with E-state index in [9.17, 15) is 5.11 Å². The lowest BCUT2D eigenvalue weighted by Crippen LogP contribution is -2.29. The first-order valence-corrected chi connectivity index (χ1v) is 5.74. The Bertz CT molecular complexity index is 351. The van der Waals surface area contributed by atoms with Gasteiger partial charge in [-0.2, -0.15) is 0 Å². The Morgan fingerprint density at radius 2 is 2.31 bits per heavy atom. The SMILES string of the molecule is C[C@@H](O)c1ccnc(N(CCO)C2CC2)c1. The summed E-state index contributed by atoms with van der Waals surface area (Å²) >= 11 is 0. The number of hydrogen-bond acceptors (Lipinski definition) is 4. The molecule has 2 rings (SSSR count). The Hall–Kier alpha value is -1.13. The highest BCUT2D eigenvalue weighted by atomic mass is 16.3. The molecule has 1 aromatic heterocycles. The maximum atomic E-state index is 9.52. The predicted octanol–water partition coefficient (Wildman–Crippen LogP) is 1.10. The van der Waals surface area contributed by atoms with Gasteiger partial charge >= 0.3 is 0 Å². The van der Waals surface area contributed by atoms with Crippen LogP contribution in [0.15, 0.2) is 18.3 Å². The van der Waals surface area contributed by atoms with E-state index < -0.39 is 6.10 Å². The molecule has 0 saturated heterocycles. The van der Waals surface area contributed by atoms with Crippen LogP contribution in [-0.4, -0.2) is 34.4 Å².